The normalized spacial score (nSPS) is 12.9. The number of carbonyl (C=O) groups excluding carboxylic acids is 1. The number of aryl methyl sites for hydroxylation is 1. The van der Waals surface area contributed by atoms with E-state index < -0.39 is 0 Å². The zero-order valence-corrected chi connectivity index (χ0v) is 16.4. The van der Waals surface area contributed by atoms with Crippen LogP contribution in [-0.4, -0.2) is 16.0 Å². The summed E-state index contributed by atoms with van der Waals surface area (Å²) in [6.07, 6.45) is 0. The smallest absolute Gasteiger partial charge is 0.259 e. The molecule has 0 atom stereocenters. The van der Waals surface area contributed by atoms with Crippen molar-refractivity contribution in [2.45, 2.75) is 46.3 Å². The van der Waals surface area contributed by atoms with Gasteiger partial charge in [0.05, 0.1) is 16.6 Å². The summed E-state index contributed by atoms with van der Waals surface area (Å²) in [5.74, 6) is 0.0600. The van der Waals surface area contributed by atoms with Gasteiger partial charge in [-0.2, -0.15) is 0 Å². The first-order valence-corrected chi connectivity index (χ1v) is 8.89. The van der Waals surface area contributed by atoms with E-state index >= 15 is 0 Å². The first kappa shape index (κ1) is 19.3. The molecule has 0 bridgehead atoms. The molecule has 0 spiro atoms. The number of halogens is 1. The van der Waals surface area contributed by atoms with Gasteiger partial charge in [0.1, 0.15) is 0 Å². The molecular weight excluding hydrogens is 364 g/mol. The Morgan fingerprint density at radius 3 is 2.81 bits per heavy atom. The zero-order valence-electron chi connectivity index (χ0n) is 15.6. The van der Waals surface area contributed by atoms with Gasteiger partial charge in [0.15, 0.2) is 0 Å². The fourth-order valence-corrected chi connectivity index (χ4v) is 3.32. The van der Waals surface area contributed by atoms with Crippen LogP contribution in [0.1, 0.15) is 58.2 Å². The first-order valence-electron chi connectivity index (χ1n) is 8.89. The number of nitrogens with one attached hydrogen (secondary N) is 2. The largest absolute Gasteiger partial charge is 0.348 e. The highest BCUT2D eigenvalue weighted by Crippen LogP contribution is 2.25. The van der Waals surface area contributed by atoms with Gasteiger partial charge in [0.25, 0.3) is 11.6 Å². The van der Waals surface area contributed by atoms with Crippen molar-refractivity contribution in [1.82, 2.24) is 20.8 Å². The van der Waals surface area contributed by atoms with Crippen molar-refractivity contribution in [3.05, 3.63) is 57.9 Å². The lowest BCUT2D eigenvalue weighted by Crippen LogP contribution is -2.23. The lowest BCUT2D eigenvalue weighted by atomic mass is 10.0. The molecule has 3 heterocycles. The Kier molecular flexibility index (Phi) is 5.48. The van der Waals surface area contributed by atoms with E-state index in [2.05, 4.69) is 39.0 Å². The number of benzene rings is 1. The molecule has 6 nitrogen and oxygen atoms in total. The number of hydrogen-bond donors (Lipinski definition) is 2. The standard InChI is InChI=1S/C20H22N4O2.ClH/c1-11(2)17-7-16(18-12(3)24-26-20(18)23-17)19(25)22-8-13-4-5-14-9-21-10-15(14)6-13;/h4-7,11,21H,8-10H2,1-3H3,(H,22,25);1H. The van der Waals surface area contributed by atoms with Crippen molar-refractivity contribution >= 4 is 29.4 Å². The quantitative estimate of drug-likeness (QED) is 0.716. The number of amides is 1. The molecule has 0 fully saturated rings. The number of pyridine rings is 1. The molecule has 4 rings (SSSR count). The highest BCUT2D eigenvalue weighted by molar-refractivity contribution is 6.06. The van der Waals surface area contributed by atoms with E-state index in [0.29, 0.717) is 28.9 Å². The Hall–Kier alpha value is -2.44. The highest BCUT2D eigenvalue weighted by atomic mass is 35.5. The number of carbonyl (C=O) groups is 1. The molecule has 1 aromatic carbocycles. The molecule has 27 heavy (non-hydrogen) atoms. The third-order valence-corrected chi connectivity index (χ3v) is 4.83. The number of rotatable bonds is 4. The summed E-state index contributed by atoms with van der Waals surface area (Å²) in [7, 11) is 0. The van der Waals surface area contributed by atoms with E-state index in [0.717, 1.165) is 24.3 Å². The number of hydrogen-bond acceptors (Lipinski definition) is 5. The van der Waals surface area contributed by atoms with E-state index in [-0.39, 0.29) is 24.2 Å². The number of fused-ring (bicyclic) bond motifs is 2. The molecule has 0 aliphatic carbocycles. The molecule has 7 heteroatoms. The van der Waals surface area contributed by atoms with Gasteiger partial charge in [0.2, 0.25) is 0 Å². The van der Waals surface area contributed by atoms with Crippen LogP contribution in [0.25, 0.3) is 11.1 Å². The monoisotopic (exact) mass is 386 g/mol. The number of nitrogens with zero attached hydrogens (tertiary/aromatic N) is 2. The van der Waals surface area contributed by atoms with E-state index in [1.54, 1.807) is 0 Å². The van der Waals surface area contributed by atoms with Crippen LogP contribution in [0.4, 0.5) is 0 Å². The van der Waals surface area contributed by atoms with E-state index in [1.807, 2.05) is 26.8 Å². The summed E-state index contributed by atoms with van der Waals surface area (Å²) in [6, 6.07) is 8.20. The molecule has 1 aliphatic heterocycles. The average Bonchev–Trinajstić information content (AvgIpc) is 3.25. The molecule has 2 aromatic heterocycles. The van der Waals surface area contributed by atoms with Crippen molar-refractivity contribution in [2.75, 3.05) is 0 Å². The van der Waals surface area contributed by atoms with Crippen molar-refractivity contribution in [1.29, 1.82) is 0 Å². The second-order valence-electron chi connectivity index (χ2n) is 7.09. The van der Waals surface area contributed by atoms with Crippen LogP contribution in [0.2, 0.25) is 0 Å². The molecular formula is C20H23ClN4O2. The molecule has 2 N–H and O–H groups in total. The molecule has 0 saturated carbocycles. The fourth-order valence-electron chi connectivity index (χ4n) is 3.32. The van der Waals surface area contributed by atoms with Crippen LogP contribution >= 0.6 is 12.4 Å². The van der Waals surface area contributed by atoms with Crippen molar-refractivity contribution in [3.63, 3.8) is 0 Å². The van der Waals surface area contributed by atoms with Crippen LogP contribution in [0.5, 0.6) is 0 Å². The fraction of sp³-hybridized carbons (Fsp3) is 0.350. The molecule has 0 unspecified atom stereocenters. The van der Waals surface area contributed by atoms with Gasteiger partial charge < -0.3 is 15.2 Å². The lowest BCUT2D eigenvalue weighted by Gasteiger charge is -2.10. The van der Waals surface area contributed by atoms with Crippen LogP contribution in [0.15, 0.2) is 28.8 Å². The van der Waals surface area contributed by atoms with Gasteiger partial charge in [0, 0.05) is 25.3 Å². The third kappa shape index (κ3) is 3.68. The van der Waals surface area contributed by atoms with Crippen LogP contribution in [-0.2, 0) is 19.6 Å². The maximum Gasteiger partial charge on any atom is 0.259 e. The van der Waals surface area contributed by atoms with Crippen molar-refractivity contribution in [3.8, 4) is 0 Å². The van der Waals surface area contributed by atoms with Gasteiger partial charge >= 0.3 is 0 Å². The van der Waals surface area contributed by atoms with Crippen LogP contribution in [0, 0.1) is 6.92 Å². The predicted octanol–water partition coefficient (Wildman–Crippen LogP) is 3.61. The van der Waals surface area contributed by atoms with Gasteiger partial charge in [-0.3, -0.25) is 4.79 Å². The molecule has 1 aliphatic rings. The SMILES string of the molecule is Cc1noc2nc(C(C)C)cc(C(=O)NCc3ccc4c(c3)CNC4)c12.Cl. The van der Waals surface area contributed by atoms with Crippen molar-refractivity contribution < 1.29 is 9.32 Å². The summed E-state index contributed by atoms with van der Waals surface area (Å²) < 4.78 is 5.30. The van der Waals surface area contributed by atoms with E-state index in [4.69, 9.17) is 4.52 Å². The summed E-state index contributed by atoms with van der Waals surface area (Å²) in [6.45, 7) is 8.20. The molecule has 142 valence electrons. The summed E-state index contributed by atoms with van der Waals surface area (Å²) in [5.41, 5.74) is 6.22. The molecule has 0 radical (unpaired) electrons. The minimum Gasteiger partial charge on any atom is -0.348 e. The maximum atomic E-state index is 12.9. The first-order chi connectivity index (χ1) is 12.5. The van der Waals surface area contributed by atoms with Crippen molar-refractivity contribution in [2.24, 2.45) is 0 Å². The summed E-state index contributed by atoms with van der Waals surface area (Å²) in [4.78, 5) is 17.4. The Bertz CT molecular complexity index is 997. The highest BCUT2D eigenvalue weighted by Gasteiger charge is 2.20. The van der Waals surface area contributed by atoms with Crippen LogP contribution < -0.4 is 10.6 Å². The predicted molar refractivity (Wildman–Crippen MR) is 106 cm³/mol. The van der Waals surface area contributed by atoms with Gasteiger partial charge in [-0.15, -0.1) is 12.4 Å². The Labute approximate surface area is 164 Å². The Morgan fingerprint density at radius 2 is 2.04 bits per heavy atom. The molecule has 0 saturated heterocycles. The Balaban J connectivity index is 0.00000210. The second kappa shape index (κ2) is 7.66. The third-order valence-electron chi connectivity index (χ3n) is 4.83. The average molecular weight is 387 g/mol. The van der Waals surface area contributed by atoms with Gasteiger partial charge in [-0.1, -0.05) is 37.2 Å². The minimum absolute atomic E-state index is 0. The minimum atomic E-state index is -0.135. The second-order valence-corrected chi connectivity index (χ2v) is 7.09. The lowest BCUT2D eigenvalue weighted by molar-refractivity contribution is 0.0952. The summed E-state index contributed by atoms with van der Waals surface area (Å²) in [5, 5.41) is 11.0. The zero-order chi connectivity index (χ0) is 18.3. The number of aromatic nitrogens is 2. The molecule has 1 amide bonds. The molecule has 3 aromatic rings. The van der Waals surface area contributed by atoms with E-state index in [1.165, 1.54) is 11.1 Å². The Morgan fingerprint density at radius 1 is 1.26 bits per heavy atom. The topological polar surface area (TPSA) is 80.0 Å². The van der Waals surface area contributed by atoms with Gasteiger partial charge in [-0.25, -0.2) is 4.98 Å². The van der Waals surface area contributed by atoms with Gasteiger partial charge in [-0.05, 0) is 35.6 Å². The summed E-state index contributed by atoms with van der Waals surface area (Å²) >= 11 is 0. The van der Waals surface area contributed by atoms with Crippen LogP contribution in [0.3, 0.4) is 0 Å². The van der Waals surface area contributed by atoms with E-state index in [9.17, 15) is 4.79 Å². The maximum absolute atomic E-state index is 12.9.